The van der Waals surface area contributed by atoms with Crippen molar-refractivity contribution >= 4 is 6.03 Å². The molecular weight excluding hydrogens is 318 g/mol. The van der Waals surface area contributed by atoms with Crippen molar-refractivity contribution in [3.63, 3.8) is 0 Å². The van der Waals surface area contributed by atoms with Crippen molar-refractivity contribution in [2.24, 2.45) is 0 Å². The maximum absolute atomic E-state index is 12.5. The second-order valence-electron chi connectivity index (χ2n) is 6.32. The Balaban J connectivity index is 1.63. The number of nitrogens with one attached hydrogen (secondary N) is 2. The Morgan fingerprint density at radius 2 is 2.08 bits per heavy atom. The number of amides is 2. The highest BCUT2D eigenvalue weighted by molar-refractivity contribution is 5.74. The summed E-state index contributed by atoms with van der Waals surface area (Å²) in [6.45, 7) is 5.47. The maximum atomic E-state index is 12.5. The zero-order valence-electron chi connectivity index (χ0n) is 14.5. The summed E-state index contributed by atoms with van der Waals surface area (Å²) in [6.07, 6.45) is -0.120. The fourth-order valence-electron chi connectivity index (χ4n) is 3.08. The molecule has 2 aromatic rings. The molecule has 0 aliphatic carbocycles. The normalized spacial score (nSPS) is 17.4. The number of nitrogens with zero attached hydrogens (tertiary/aromatic N) is 1. The largest absolute Gasteiger partial charge is 0.370 e. The average molecular weight is 341 g/mol. The summed E-state index contributed by atoms with van der Waals surface area (Å²) in [5.41, 5.74) is 3.20. The molecule has 3 rings (SSSR count). The molecule has 2 heterocycles. The first-order valence-electron chi connectivity index (χ1n) is 8.43. The van der Waals surface area contributed by atoms with E-state index in [1.165, 1.54) is 0 Å². The standard InChI is InChI=1S/C19H23N3O3/c1-13-10-14(2)21-18(23)16(13)11-20-19(24)22-8-9-25-17(12-22)15-6-4-3-5-7-15/h3-7,10,17H,8-9,11-12H2,1-2H3,(H,20,24)(H,21,23)/t17-/m0/s1. The number of morpholine rings is 1. The molecule has 1 atom stereocenters. The highest BCUT2D eigenvalue weighted by atomic mass is 16.5. The SMILES string of the molecule is Cc1cc(C)c(CNC(=O)N2CCO[C@H](c3ccccc3)C2)c(=O)[nH]1. The van der Waals surface area contributed by atoms with Gasteiger partial charge in [-0.05, 0) is 31.0 Å². The van der Waals surface area contributed by atoms with Crippen LogP contribution in [0.3, 0.4) is 0 Å². The molecule has 0 bridgehead atoms. The fraction of sp³-hybridized carbons (Fsp3) is 0.368. The molecule has 1 aromatic carbocycles. The lowest BCUT2D eigenvalue weighted by atomic mass is 10.1. The van der Waals surface area contributed by atoms with Gasteiger partial charge in [0.05, 0.1) is 19.7 Å². The van der Waals surface area contributed by atoms with E-state index in [-0.39, 0.29) is 24.2 Å². The van der Waals surface area contributed by atoms with Gasteiger partial charge in [0.25, 0.3) is 5.56 Å². The molecule has 132 valence electrons. The first kappa shape index (κ1) is 17.2. The number of aromatic nitrogens is 1. The third-order valence-corrected chi connectivity index (χ3v) is 4.44. The Morgan fingerprint density at radius 1 is 1.32 bits per heavy atom. The average Bonchev–Trinajstić information content (AvgIpc) is 2.61. The van der Waals surface area contributed by atoms with Gasteiger partial charge >= 0.3 is 6.03 Å². The van der Waals surface area contributed by atoms with E-state index in [1.807, 2.05) is 50.2 Å². The summed E-state index contributed by atoms with van der Waals surface area (Å²) in [7, 11) is 0. The number of urea groups is 1. The van der Waals surface area contributed by atoms with E-state index in [0.29, 0.717) is 25.3 Å². The zero-order valence-corrected chi connectivity index (χ0v) is 14.5. The van der Waals surface area contributed by atoms with E-state index >= 15 is 0 Å². The van der Waals surface area contributed by atoms with Crippen molar-refractivity contribution in [3.05, 3.63) is 69.1 Å². The summed E-state index contributed by atoms with van der Waals surface area (Å²) in [4.78, 5) is 29.0. The third-order valence-electron chi connectivity index (χ3n) is 4.44. The van der Waals surface area contributed by atoms with Crippen LogP contribution >= 0.6 is 0 Å². The van der Waals surface area contributed by atoms with Gasteiger partial charge in [-0.1, -0.05) is 30.3 Å². The minimum atomic E-state index is -0.177. The van der Waals surface area contributed by atoms with Crippen LogP contribution < -0.4 is 10.9 Å². The molecule has 1 aromatic heterocycles. The maximum Gasteiger partial charge on any atom is 0.317 e. The van der Waals surface area contributed by atoms with Crippen LogP contribution in [0.5, 0.6) is 0 Å². The van der Waals surface area contributed by atoms with Gasteiger partial charge in [0.15, 0.2) is 0 Å². The Morgan fingerprint density at radius 3 is 2.80 bits per heavy atom. The smallest absolute Gasteiger partial charge is 0.317 e. The molecule has 0 spiro atoms. The molecule has 1 aliphatic rings. The van der Waals surface area contributed by atoms with Gasteiger partial charge in [0.2, 0.25) is 0 Å². The number of aromatic amines is 1. The molecule has 6 nitrogen and oxygen atoms in total. The number of benzene rings is 1. The molecule has 0 unspecified atom stereocenters. The molecule has 1 aliphatic heterocycles. The number of pyridine rings is 1. The number of hydrogen-bond donors (Lipinski definition) is 2. The second-order valence-corrected chi connectivity index (χ2v) is 6.32. The quantitative estimate of drug-likeness (QED) is 0.899. The van der Waals surface area contributed by atoms with Gasteiger partial charge in [-0.3, -0.25) is 4.79 Å². The second kappa shape index (κ2) is 7.53. The predicted molar refractivity (Wildman–Crippen MR) is 95.5 cm³/mol. The highest BCUT2D eigenvalue weighted by Gasteiger charge is 2.25. The summed E-state index contributed by atoms with van der Waals surface area (Å²) < 4.78 is 5.78. The number of hydrogen-bond acceptors (Lipinski definition) is 3. The van der Waals surface area contributed by atoms with Gasteiger partial charge in [-0.15, -0.1) is 0 Å². The first-order chi connectivity index (χ1) is 12.0. The number of carbonyl (C=O) groups is 1. The fourth-order valence-corrected chi connectivity index (χ4v) is 3.08. The van der Waals surface area contributed by atoms with Crippen LogP contribution in [0.15, 0.2) is 41.2 Å². The van der Waals surface area contributed by atoms with E-state index in [4.69, 9.17) is 4.74 Å². The van der Waals surface area contributed by atoms with Crippen molar-refractivity contribution in [3.8, 4) is 0 Å². The molecule has 1 saturated heterocycles. The monoisotopic (exact) mass is 341 g/mol. The number of aryl methyl sites for hydroxylation is 2. The Hall–Kier alpha value is -2.60. The van der Waals surface area contributed by atoms with E-state index in [2.05, 4.69) is 10.3 Å². The highest BCUT2D eigenvalue weighted by Crippen LogP contribution is 2.21. The van der Waals surface area contributed by atoms with Crippen molar-refractivity contribution in [1.82, 2.24) is 15.2 Å². The topological polar surface area (TPSA) is 74.4 Å². The van der Waals surface area contributed by atoms with Crippen molar-refractivity contribution in [2.45, 2.75) is 26.5 Å². The lowest BCUT2D eigenvalue weighted by Crippen LogP contribution is -2.47. The van der Waals surface area contributed by atoms with Gasteiger partial charge in [-0.2, -0.15) is 0 Å². The van der Waals surface area contributed by atoms with Crippen LogP contribution in [0.1, 0.15) is 28.5 Å². The van der Waals surface area contributed by atoms with Gasteiger partial charge < -0.3 is 19.9 Å². The third kappa shape index (κ3) is 4.09. The molecule has 2 N–H and O–H groups in total. The van der Waals surface area contributed by atoms with E-state index in [1.54, 1.807) is 4.90 Å². The van der Waals surface area contributed by atoms with Crippen molar-refractivity contribution in [1.29, 1.82) is 0 Å². The van der Waals surface area contributed by atoms with Crippen LogP contribution in [0.4, 0.5) is 4.79 Å². The molecule has 25 heavy (non-hydrogen) atoms. The van der Waals surface area contributed by atoms with Gasteiger partial charge in [0.1, 0.15) is 6.10 Å². The molecule has 6 heteroatoms. The lowest BCUT2D eigenvalue weighted by molar-refractivity contribution is -0.0154. The zero-order chi connectivity index (χ0) is 17.8. The Kier molecular flexibility index (Phi) is 5.19. The number of rotatable bonds is 3. The van der Waals surface area contributed by atoms with Crippen LogP contribution in [0.25, 0.3) is 0 Å². The summed E-state index contributed by atoms with van der Waals surface area (Å²) in [6, 6.07) is 11.6. The first-order valence-corrected chi connectivity index (χ1v) is 8.43. The predicted octanol–water partition coefficient (Wildman–Crippen LogP) is 2.27. The minimum absolute atomic E-state index is 0.120. The summed E-state index contributed by atoms with van der Waals surface area (Å²) >= 11 is 0. The Labute approximate surface area is 146 Å². The molecule has 0 radical (unpaired) electrons. The summed E-state index contributed by atoms with van der Waals surface area (Å²) in [5, 5.41) is 2.85. The molecule has 0 saturated carbocycles. The van der Waals surface area contributed by atoms with Crippen LogP contribution in [0.2, 0.25) is 0 Å². The van der Waals surface area contributed by atoms with E-state index in [0.717, 1.165) is 16.8 Å². The van der Waals surface area contributed by atoms with Gasteiger partial charge in [-0.25, -0.2) is 4.79 Å². The molecule has 1 fully saturated rings. The van der Waals surface area contributed by atoms with E-state index < -0.39 is 0 Å². The Bertz CT molecular complexity index is 801. The number of ether oxygens (including phenoxy) is 1. The van der Waals surface area contributed by atoms with Crippen LogP contribution in [-0.4, -0.2) is 35.6 Å². The van der Waals surface area contributed by atoms with Crippen LogP contribution in [-0.2, 0) is 11.3 Å². The molecular formula is C19H23N3O3. The van der Waals surface area contributed by atoms with Crippen molar-refractivity contribution < 1.29 is 9.53 Å². The van der Waals surface area contributed by atoms with Crippen molar-refractivity contribution in [2.75, 3.05) is 19.7 Å². The molecule has 2 amide bonds. The van der Waals surface area contributed by atoms with Gasteiger partial charge in [0, 0.05) is 17.8 Å². The summed E-state index contributed by atoms with van der Waals surface area (Å²) in [5.74, 6) is 0. The number of H-pyrrole nitrogens is 1. The van der Waals surface area contributed by atoms with Crippen LogP contribution in [0, 0.1) is 13.8 Å². The lowest BCUT2D eigenvalue weighted by Gasteiger charge is -2.33. The van der Waals surface area contributed by atoms with E-state index in [9.17, 15) is 9.59 Å². The number of carbonyl (C=O) groups excluding carboxylic acids is 1. The minimum Gasteiger partial charge on any atom is -0.370 e.